The summed E-state index contributed by atoms with van der Waals surface area (Å²) >= 11 is 0. The largest absolute Gasteiger partial charge is 0.513 e. The van der Waals surface area contributed by atoms with Crippen LogP contribution in [0.15, 0.2) is 35.6 Å². The summed E-state index contributed by atoms with van der Waals surface area (Å²) in [5, 5.41) is 0. The van der Waals surface area contributed by atoms with Gasteiger partial charge in [0, 0.05) is 19.0 Å². The first kappa shape index (κ1) is 21.4. The zero-order valence-corrected chi connectivity index (χ0v) is 18.7. The molecule has 0 aromatic heterocycles. The van der Waals surface area contributed by atoms with Crippen molar-refractivity contribution in [2.24, 2.45) is 0 Å². The highest BCUT2D eigenvalue weighted by Gasteiger charge is 2.63. The van der Waals surface area contributed by atoms with Crippen LogP contribution in [-0.2, 0) is 30.8 Å². The number of ether oxygens (including phenoxy) is 5. The summed E-state index contributed by atoms with van der Waals surface area (Å²) in [7, 11) is 0. The van der Waals surface area contributed by atoms with E-state index >= 15 is 0 Å². The SMILES string of the molecule is CCOC(=O)Oc1ccc2c3c1O[C@H]1C(OC(C)=O)=CC=C4[C@@H](C2)N(C(=O)OCC)CC[C@]431. The minimum Gasteiger partial charge on any atom is -0.477 e. The van der Waals surface area contributed by atoms with Crippen molar-refractivity contribution >= 4 is 18.2 Å². The van der Waals surface area contributed by atoms with Gasteiger partial charge in [0.25, 0.3) is 0 Å². The Labute approximate surface area is 190 Å². The van der Waals surface area contributed by atoms with Crippen molar-refractivity contribution in [3.8, 4) is 11.5 Å². The van der Waals surface area contributed by atoms with E-state index in [2.05, 4.69) is 0 Å². The third-order valence-electron chi connectivity index (χ3n) is 6.65. The monoisotopic (exact) mass is 455 g/mol. The maximum absolute atomic E-state index is 12.7. The van der Waals surface area contributed by atoms with Gasteiger partial charge in [-0.3, -0.25) is 4.79 Å². The molecule has 2 aliphatic heterocycles. The number of piperidine rings is 1. The quantitative estimate of drug-likeness (QED) is 0.387. The number of allylic oxidation sites excluding steroid dienone is 2. The van der Waals surface area contributed by atoms with Gasteiger partial charge in [-0.25, -0.2) is 9.59 Å². The van der Waals surface area contributed by atoms with Crippen LogP contribution in [0.5, 0.6) is 11.5 Å². The number of carbonyl (C=O) groups excluding carboxylic acids is 3. The lowest BCUT2D eigenvalue weighted by Gasteiger charge is -2.52. The fourth-order valence-electron chi connectivity index (χ4n) is 5.59. The zero-order valence-electron chi connectivity index (χ0n) is 18.7. The predicted octanol–water partition coefficient (Wildman–Crippen LogP) is 3.39. The summed E-state index contributed by atoms with van der Waals surface area (Å²) in [6.45, 7) is 5.75. The molecule has 9 heteroatoms. The van der Waals surface area contributed by atoms with Gasteiger partial charge in [-0.1, -0.05) is 12.1 Å². The Balaban J connectivity index is 1.65. The average Bonchev–Trinajstić information content (AvgIpc) is 3.11. The maximum Gasteiger partial charge on any atom is 0.513 e. The number of benzene rings is 1. The molecule has 2 heterocycles. The number of amides is 1. The molecule has 3 atom stereocenters. The topological polar surface area (TPSA) is 101 Å². The lowest BCUT2D eigenvalue weighted by atomic mass is 9.57. The van der Waals surface area contributed by atoms with Crippen molar-refractivity contribution < 1.29 is 38.1 Å². The van der Waals surface area contributed by atoms with Gasteiger partial charge in [0.2, 0.25) is 0 Å². The van der Waals surface area contributed by atoms with E-state index in [1.54, 1.807) is 30.9 Å². The van der Waals surface area contributed by atoms with Crippen LogP contribution in [0.25, 0.3) is 0 Å². The number of hydrogen-bond donors (Lipinski definition) is 0. The molecule has 174 valence electrons. The first-order chi connectivity index (χ1) is 15.9. The number of likely N-dealkylation sites (tertiary alicyclic amines) is 1. The number of nitrogens with zero attached hydrogens (tertiary/aromatic N) is 1. The van der Waals surface area contributed by atoms with Gasteiger partial charge in [0.1, 0.15) is 5.76 Å². The molecule has 4 aliphatic rings. The lowest BCUT2D eigenvalue weighted by molar-refractivity contribution is -0.138. The number of esters is 1. The fraction of sp³-hybridized carbons (Fsp3) is 0.458. The summed E-state index contributed by atoms with van der Waals surface area (Å²) in [5.74, 6) is 0.637. The number of carbonyl (C=O) groups is 3. The Kier molecular flexibility index (Phi) is 5.07. The average molecular weight is 455 g/mol. The van der Waals surface area contributed by atoms with Crippen molar-refractivity contribution in [2.45, 2.75) is 51.2 Å². The van der Waals surface area contributed by atoms with Crippen LogP contribution in [0, 0.1) is 0 Å². The second-order valence-corrected chi connectivity index (χ2v) is 8.33. The minimum absolute atomic E-state index is 0.185. The van der Waals surface area contributed by atoms with Crippen LogP contribution in [0.2, 0.25) is 0 Å². The first-order valence-electron chi connectivity index (χ1n) is 11.1. The third kappa shape index (κ3) is 3.09. The van der Waals surface area contributed by atoms with Gasteiger partial charge in [0.15, 0.2) is 17.6 Å². The summed E-state index contributed by atoms with van der Waals surface area (Å²) < 4.78 is 27.6. The van der Waals surface area contributed by atoms with E-state index in [1.165, 1.54) is 6.92 Å². The summed E-state index contributed by atoms with van der Waals surface area (Å²) in [6.07, 6.45) is 2.97. The van der Waals surface area contributed by atoms with Gasteiger partial charge in [0.05, 0.1) is 24.7 Å². The van der Waals surface area contributed by atoms with E-state index in [-0.39, 0.29) is 24.5 Å². The molecule has 0 N–H and O–H groups in total. The summed E-state index contributed by atoms with van der Waals surface area (Å²) in [6, 6.07) is 3.35. The van der Waals surface area contributed by atoms with E-state index in [1.807, 2.05) is 12.1 Å². The molecule has 9 nitrogen and oxygen atoms in total. The second-order valence-electron chi connectivity index (χ2n) is 8.33. The van der Waals surface area contributed by atoms with Crippen molar-refractivity contribution in [3.63, 3.8) is 0 Å². The fourth-order valence-corrected chi connectivity index (χ4v) is 5.59. The number of hydrogen-bond acceptors (Lipinski definition) is 8. The molecule has 1 aromatic rings. The summed E-state index contributed by atoms with van der Waals surface area (Å²) in [5.41, 5.74) is 2.27. The highest BCUT2D eigenvalue weighted by Crippen LogP contribution is 2.62. The van der Waals surface area contributed by atoms with Gasteiger partial charge in [-0.05, 0) is 50.0 Å². The van der Waals surface area contributed by atoms with Crippen LogP contribution < -0.4 is 9.47 Å². The van der Waals surface area contributed by atoms with Crippen LogP contribution in [0.4, 0.5) is 9.59 Å². The second kappa shape index (κ2) is 7.83. The van der Waals surface area contributed by atoms with Crippen LogP contribution in [0.3, 0.4) is 0 Å². The van der Waals surface area contributed by atoms with E-state index in [0.717, 1.165) is 16.7 Å². The first-order valence-corrected chi connectivity index (χ1v) is 11.1. The van der Waals surface area contributed by atoms with Crippen molar-refractivity contribution in [2.75, 3.05) is 19.8 Å². The smallest absolute Gasteiger partial charge is 0.477 e. The Morgan fingerprint density at radius 2 is 1.91 bits per heavy atom. The molecule has 1 saturated heterocycles. The molecule has 0 saturated carbocycles. The van der Waals surface area contributed by atoms with E-state index in [9.17, 15) is 14.4 Å². The van der Waals surface area contributed by atoms with Crippen LogP contribution >= 0.6 is 0 Å². The zero-order chi connectivity index (χ0) is 23.3. The molecular formula is C24H25NO8. The van der Waals surface area contributed by atoms with E-state index < -0.39 is 23.6 Å². The van der Waals surface area contributed by atoms with Crippen LogP contribution in [0.1, 0.15) is 38.3 Å². The highest BCUT2D eigenvalue weighted by molar-refractivity contribution is 5.75. The third-order valence-corrected chi connectivity index (χ3v) is 6.65. The van der Waals surface area contributed by atoms with Crippen molar-refractivity contribution in [1.82, 2.24) is 4.90 Å². The molecule has 2 bridgehead atoms. The van der Waals surface area contributed by atoms with E-state index in [4.69, 9.17) is 23.7 Å². The van der Waals surface area contributed by atoms with E-state index in [0.29, 0.717) is 37.5 Å². The van der Waals surface area contributed by atoms with Gasteiger partial charge >= 0.3 is 18.2 Å². The standard InChI is InChI=1S/C24H25NO8/c1-4-29-22(27)25-11-10-24-15-7-9-18(31-13(3)26)21(24)33-20-17(32-23(28)30-5-2)8-6-14(19(20)24)12-16(15)25/h6-9,16,21H,4-5,10-12H2,1-3H3/t16-,21+,24+/m1/s1. The molecule has 2 aliphatic carbocycles. The van der Waals surface area contributed by atoms with Crippen molar-refractivity contribution in [1.29, 1.82) is 0 Å². The maximum atomic E-state index is 12.7. The Hall–Kier alpha value is -3.49. The lowest BCUT2D eigenvalue weighted by Crippen LogP contribution is -2.60. The highest BCUT2D eigenvalue weighted by atomic mass is 16.7. The van der Waals surface area contributed by atoms with Gasteiger partial charge < -0.3 is 28.6 Å². The van der Waals surface area contributed by atoms with Gasteiger partial charge in [-0.2, -0.15) is 0 Å². The molecule has 1 spiro atoms. The Morgan fingerprint density at radius 1 is 1.12 bits per heavy atom. The molecule has 0 radical (unpaired) electrons. The molecule has 1 amide bonds. The Bertz CT molecular complexity index is 1110. The molecule has 0 unspecified atom stereocenters. The van der Waals surface area contributed by atoms with Gasteiger partial charge in [-0.15, -0.1) is 0 Å². The van der Waals surface area contributed by atoms with Crippen molar-refractivity contribution in [3.05, 3.63) is 46.7 Å². The minimum atomic E-state index is -0.818. The molecule has 33 heavy (non-hydrogen) atoms. The number of rotatable bonds is 4. The molecular weight excluding hydrogens is 430 g/mol. The summed E-state index contributed by atoms with van der Waals surface area (Å²) in [4.78, 5) is 38.3. The van der Waals surface area contributed by atoms with Crippen LogP contribution in [-0.4, -0.2) is 55.0 Å². The predicted molar refractivity (Wildman–Crippen MR) is 114 cm³/mol. The molecule has 5 rings (SSSR count). The molecule has 1 fully saturated rings. The normalized spacial score (nSPS) is 25.7. The Morgan fingerprint density at radius 3 is 2.64 bits per heavy atom. The molecule has 1 aromatic carbocycles.